The van der Waals surface area contributed by atoms with Crippen LogP contribution in [-0.2, 0) is 12.8 Å². The summed E-state index contributed by atoms with van der Waals surface area (Å²) in [6.07, 6.45) is 4.10. The summed E-state index contributed by atoms with van der Waals surface area (Å²) in [5.74, 6) is -0.232. The van der Waals surface area contributed by atoms with Crippen molar-refractivity contribution in [2.45, 2.75) is 25.7 Å². The van der Waals surface area contributed by atoms with Crippen molar-refractivity contribution in [2.24, 2.45) is 0 Å². The summed E-state index contributed by atoms with van der Waals surface area (Å²) in [5, 5.41) is 14.8. The van der Waals surface area contributed by atoms with Crippen molar-refractivity contribution in [1.29, 1.82) is 5.26 Å². The molecule has 4 aromatic rings. The maximum atomic E-state index is 13.4. The zero-order valence-electron chi connectivity index (χ0n) is 16.6. The van der Waals surface area contributed by atoms with Crippen LogP contribution in [-0.4, -0.2) is 10.9 Å². The van der Waals surface area contributed by atoms with Gasteiger partial charge in [0.25, 0.3) is 5.91 Å². The standard InChI is InChI=1S/C25H18ClN3OS/c26-16-11-9-15(10-12-16)22-13-19(17-5-1-3-7-21(17)28-22)24(30)29-25-20(14-27)18-6-2-4-8-23(18)31-25/h1,3,5,7,9-13H,2,4,6,8H2,(H,29,30). The second-order valence-corrected chi connectivity index (χ2v) is 9.10. The largest absolute Gasteiger partial charge is 0.312 e. The summed E-state index contributed by atoms with van der Waals surface area (Å²) in [4.78, 5) is 19.3. The minimum atomic E-state index is -0.232. The van der Waals surface area contributed by atoms with E-state index in [9.17, 15) is 10.1 Å². The van der Waals surface area contributed by atoms with Crippen molar-refractivity contribution < 1.29 is 4.79 Å². The van der Waals surface area contributed by atoms with Gasteiger partial charge in [-0.2, -0.15) is 5.26 Å². The molecule has 2 aromatic carbocycles. The van der Waals surface area contributed by atoms with E-state index < -0.39 is 0 Å². The minimum Gasteiger partial charge on any atom is -0.312 e. The Morgan fingerprint density at radius 2 is 1.87 bits per heavy atom. The lowest BCUT2D eigenvalue weighted by Gasteiger charge is -2.10. The number of benzene rings is 2. The van der Waals surface area contributed by atoms with Crippen molar-refractivity contribution in [3.8, 4) is 17.3 Å². The Labute approximate surface area is 189 Å². The predicted octanol–water partition coefficient (Wildman–Crippen LogP) is 6.62. The predicted molar refractivity (Wildman–Crippen MR) is 126 cm³/mol. The lowest BCUT2D eigenvalue weighted by Crippen LogP contribution is -2.13. The van der Waals surface area contributed by atoms with E-state index >= 15 is 0 Å². The Bertz CT molecular complexity index is 1350. The zero-order chi connectivity index (χ0) is 21.4. The van der Waals surface area contributed by atoms with Crippen LogP contribution in [0.3, 0.4) is 0 Å². The van der Waals surface area contributed by atoms with E-state index in [1.165, 1.54) is 16.2 Å². The van der Waals surface area contributed by atoms with Crippen molar-refractivity contribution in [3.05, 3.63) is 81.2 Å². The number of carbonyl (C=O) groups is 1. The Balaban J connectivity index is 1.58. The van der Waals surface area contributed by atoms with Crippen LogP contribution in [0, 0.1) is 11.3 Å². The molecule has 1 N–H and O–H groups in total. The van der Waals surface area contributed by atoms with Gasteiger partial charge in [0.2, 0.25) is 0 Å². The molecule has 0 atom stereocenters. The number of aryl methyl sites for hydroxylation is 1. The van der Waals surface area contributed by atoms with Crippen LogP contribution in [0.15, 0.2) is 54.6 Å². The smallest absolute Gasteiger partial charge is 0.257 e. The number of thiophene rings is 1. The molecule has 152 valence electrons. The first-order valence-corrected chi connectivity index (χ1v) is 11.3. The molecule has 0 saturated carbocycles. The topological polar surface area (TPSA) is 65.8 Å². The average molecular weight is 444 g/mol. The van der Waals surface area contributed by atoms with Crippen LogP contribution >= 0.6 is 22.9 Å². The van der Waals surface area contributed by atoms with Crippen LogP contribution in [0.1, 0.15) is 39.2 Å². The maximum absolute atomic E-state index is 13.4. The highest BCUT2D eigenvalue weighted by molar-refractivity contribution is 7.16. The first-order valence-electron chi connectivity index (χ1n) is 10.2. The third kappa shape index (κ3) is 3.69. The molecule has 2 heterocycles. The quantitative estimate of drug-likeness (QED) is 0.387. The second kappa shape index (κ2) is 8.14. The van der Waals surface area contributed by atoms with Crippen LogP contribution in [0.2, 0.25) is 5.02 Å². The van der Waals surface area contributed by atoms with Gasteiger partial charge in [-0.3, -0.25) is 4.79 Å². The van der Waals surface area contributed by atoms with E-state index in [1.54, 1.807) is 6.07 Å². The van der Waals surface area contributed by atoms with Crippen molar-refractivity contribution >= 4 is 44.7 Å². The van der Waals surface area contributed by atoms with Gasteiger partial charge in [-0.25, -0.2) is 4.98 Å². The first kappa shape index (κ1) is 19.7. The number of nitriles is 1. The van der Waals surface area contributed by atoms with E-state index in [1.807, 2.05) is 48.5 Å². The highest BCUT2D eigenvalue weighted by Crippen LogP contribution is 2.38. The van der Waals surface area contributed by atoms with Crippen molar-refractivity contribution in [2.75, 3.05) is 5.32 Å². The number of anilines is 1. The summed E-state index contributed by atoms with van der Waals surface area (Å²) >= 11 is 7.56. The molecule has 4 nitrogen and oxygen atoms in total. The molecule has 5 rings (SSSR count). The molecule has 1 amide bonds. The summed E-state index contributed by atoms with van der Waals surface area (Å²) in [6, 6.07) is 19.1. The monoisotopic (exact) mass is 443 g/mol. The Kier molecular flexibility index (Phi) is 5.19. The van der Waals surface area contributed by atoms with Crippen LogP contribution < -0.4 is 5.32 Å². The van der Waals surface area contributed by atoms with Gasteiger partial charge in [0, 0.05) is 20.8 Å². The van der Waals surface area contributed by atoms with Gasteiger partial charge >= 0.3 is 0 Å². The molecule has 0 radical (unpaired) electrons. The molecule has 2 aromatic heterocycles. The number of pyridine rings is 1. The number of amides is 1. The molecule has 6 heteroatoms. The number of rotatable bonds is 3. The fourth-order valence-corrected chi connectivity index (χ4v) is 5.44. The van der Waals surface area contributed by atoms with Gasteiger partial charge in [-0.1, -0.05) is 41.9 Å². The number of carbonyl (C=O) groups excluding carboxylic acids is 1. The number of hydrogen-bond donors (Lipinski definition) is 1. The molecule has 0 saturated heterocycles. The van der Waals surface area contributed by atoms with E-state index in [2.05, 4.69) is 11.4 Å². The number of aromatic nitrogens is 1. The van der Waals surface area contributed by atoms with Gasteiger partial charge in [-0.05, 0) is 55.5 Å². The van der Waals surface area contributed by atoms with E-state index in [0.29, 0.717) is 26.8 Å². The van der Waals surface area contributed by atoms with Crippen LogP contribution in [0.5, 0.6) is 0 Å². The number of halogens is 1. The van der Waals surface area contributed by atoms with Gasteiger partial charge in [-0.15, -0.1) is 11.3 Å². The molecular formula is C25H18ClN3OS. The number of fused-ring (bicyclic) bond motifs is 2. The highest BCUT2D eigenvalue weighted by atomic mass is 35.5. The molecule has 31 heavy (non-hydrogen) atoms. The fourth-order valence-electron chi connectivity index (χ4n) is 4.07. The van der Waals surface area contributed by atoms with Gasteiger partial charge < -0.3 is 5.32 Å². The Morgan fingerprint density at radius 3 is 2.68 bits per heavy atom. The van der Waals surface area contributed by atoms with Crippen molar-refractivity contribution in [3.63, 3.8) is 0 Å². The van der Waals surface area contributed by atoms with Gasteiger partial charge in [0.15, 0.2) is 0 Å². The molecular weight excluding hydrogens is 426 g/mol. The molecule has 0 fully saturated rings. The third-order valence-electron chi connectivity index (χ3n) is 5.61. The van der Waals surface area contributed by atoms with Gasteiger partial charge in [0.05, 0.1) is 22.3 Å². The van der Waals surface area contributed by atoms with E-state index in [0.717, 1.165) is 47.7 Å². The lowest BCUT2D eigenvalue weighted by molar-refractivity contribution is 0.102. The SMILES string of the molecule is N#Cc1c(NC(=O)c2cc(-c3ccc(Cl)cc3)nc3ccccc23)sc2c1CCCC2. The molecule has 0 bridgehead atoms. The molecule has 0 spiro atoms. The highest BCUT2D eigenvalue weighted by Gasteiger charge is 2.23. The Hall–Kier alpha value is -3.20. The number of hydrogen-bond acceptors (Lipinski definition) is 4. The third-order valence-corrected chi connectivity index (χ3v) is 7.07. The minimum absolute atomic E-state index is 0.232. The lowest BCUT2D eigenvalue weighted by atomic mass is 9.96. The first-order chi connectivity index (χ1) is 15.1. The molecule has 0 aliphatic heterocycles. The molecule has 1 aliphatic carbocycles. The molecule has 1 aliphatic rings. The zero-order valence-corrected chi connectivity index (χ0v) is 18.2. The second-order valence-electron chi connectivity index (χ2n) is 7.56. The molecule has 0 unspecified atom stereocenters. The summed E-state index contributed by atoms with van der Waals surface area (Å²) in [7, 11) is 0. The summed E-state index contributed by atoms with van der Waals surface area (Å²) < 4.78 is 0. The summed E-state index contributed by atoms with van der Waals surface area (Å²) in [6.45, 7) is 0. The van der Waals surface area contributed by atoms with E-state index in [-0.39, 0.29) is 5.91 Å². The normalized spacial score (nSPS) is 12.9. The maximum Gasteiger partial charge on any atom is 0.257 e. The van der Waals surface area contributed by atoms with Crippen LogP contribution in [0.25, 0.3) is 22.2 Å². The van der Waals surface area contributed by atoms with Crippen LogP contribution in [0.4, 0.5) is 5.00 Å². The number of nitrogens with one attached hydrogen (secondary N) is 1. The number of nitrogens with zero attached hydrogens (tertiary/aromatic N) is 2. The Morgan fingerprint density at radius 1 is 1.10 bits per heavy atom. The van der Waals surface area contributed by atoms with Crippen molar-refractivity contribution in [1.82, 2.24) is 4.98 Å². The fraction of sp³-hybridized carbons (Fsp3) is 0.160. The average Bonchev–Trinajstić information content (AvgIpc) is 3.15. The number of para-hydroxylation sites is 1. The van der Waals surface area contributed by atoms with Gasteiger partial charge in [0.1, 0.15) is 11.1 Å². The van der Waals surface area contributed by atoms with E-state index in [4.69, 9.17) is 16.6 Å². The summed E-state index contributed by atoms with van der Waals surface area (Å²) in [5.41, 5.74) is 4.58.